The normalized spacial score (nSPS) is 14.6. The molecule has 0 heterocycles. The minimum absolute atomic E-state index is 0.321. The highest BCUT2D eigenvalue weighted by Crippen LogP contribution is 1.94. The van der Waals surface area contributed by atoms with Crippen LogP contribution in [0.4, 0.5) is 0 Å². The summed E-state index contributed by atoms with van der Waals surface area (Å²) < 4.78 is 21.1. The Kier molecular flexibility index (Phi) is 2.79. The molecule has 0 fully saturated rings. The summed E-state index contributed by atoms with van der Waals surface area (Å²) >= 11 is 0. The lowest BCUT2D eigenvalue weighted by Crippen LogP contribution is -2.34. The molecule has 1 amide bonds. The van der Waals surface area contributed by atoms with E-state index in [4.69, 9.17) is 11.5 Å². The monoisotopic (exact) mass is 166 g/mol. The predicted octanol–water partition coefficient (Wildman–Crippen LogP) is -1.81. The van der Waals surface area contributed by atoms with Gasteiger partial charge in [-0.05, 0) is 0 Å². The van der Waals surface area contributed by atoms with E-state index in [0.29, 0.717) is 0 Å². The predicted molar refractivity (Wildman–Crippen MR) is 36.6 cm³/mol. The highest BCUT2D eigenvalue weighted by atomic mass is 32.2. The highest BCUT2D eigenvalue weighted by Gasteiger charge is 2.16. The van der Waals surface area contributed by atoms with Crippen LogP contribution >= 0.6 is 0 Å². The minimum Gasteiger partial charge on any atom is -0.370 e. The second kappa shape index (κ2) is 2.98. The van der Waals surface area contributed by atoms with Crippen LogP contribution in [-0.4, -0.2) is 26.0 Å². The van der Waals surface area contributed by atoms with Gasteiger partial charge in [0.05, 0.1) is 6.42 Å². The number of primary amides is 1. The molecular formula is C4H10N2O3S. The summed E-state index contributed by atoms with van der Waals surface area (Å²) in [5.41, 5.74) is 9.77. The summed E-state index contributed by atoms with van der Waals surface area (Å²) in [6, 6.07) is 0. The zero-order valence-electron chi connectivity index (χ0n) is 5.57. The van der Waals surface area contributed by atoms with Crippen LogP contribution in [0.15, 0.2) is 0 Å². The fraction of sp³-hybridized carbons (Fsp3) is 0.750. The number of rotatable bonds is 3. The Bertz CT molecular complexity index is 221. The molecule has 0 aromatic carbocycles. The molecular weight excluding hydrogens is 156 g/mol. The number of hydrogen-bond donors (Lipinski definition) is 2. The van der Waals surface area contributed by atoms with Gasteiger partial charge in [0.1, 0.15) is 5.37 Å². The summed E-state index contributed by atoms with van der Waals surface area (Å²) in [5.74, 6) is -0.710. The molecule has 10 heavy (non-hydrogen) atoms. The maximum atomic E-state index is 10.5. The summed E-state index contributed by atoms with van der Waals surface area (Å²) in [7, 11) is -3.32. The van der Waals surface area contributed by atoms with E-state index in [0.717, 1.165) is 6.26 Å². The van der Waals surface area contributed by atoms with Crippen LogP contribution in [0.5, 0.6) is 0 Å². The Morgan fingerprint density at radius 3 is 2.10 bits per heavy atom. The van der Waals surface area contributed by atoms with Crippen molar-refractivity contribution in [2.45, 2.75) is 11.8 Å². The third kappa shape index (κ3) is 3.41. The smallest absolute Gasteiger partial charge is 0.220 e. The molecule has 4 N–H and O–H groups in total. The third-order valence-corrected chi connectivity index (χ3v) is 2.22. The first-order valence-corrected chi connectivity index (χ1v) is 4.52. The largest absolute Gasteiger partial charge is 0.370 e. The van der Waals surface area contributed by atoms with Crippen molar-refractivity contribution in [1.82, 2.24) is 0 Å². The number of nitrogens with two attached hydrogens (primary N) is 2. The Hall–Kier alpha value is -0.620. The molecule has 0 saturated heterocycles. The van der Waals surface area contributed by atoms with Gasteiger partial charge in [0.2, 0.25) is 5.91 Å². The quantitative estimate of drug-likeness (QED) is 0.515. The maximum Gasteiger partial charge on any atom is 0.220 e. The molecule has 0 unspecified atom stereocenters. The Morgan fingerprint density at radius 2 is 2.00 bits per heavy atom. The Labute approximate surface area is 59.3 Å². The van der Waals surface area contributed by atoms with Crippen LogP contribution in [-0.2, 0) is 14.6 Å². The van der Waals surface area contributed by atoms with Crippen LogP contribution < -0.4 is 11.5 Å². The molecule has 0 aliphatic rings. The van der Waals surface area contributed by atoms with Crippen molar-refractivity contribution >= 4 is 15.7 Å². The van der Waals surface area contributed by atoms with Crippen molar-refractivity contribution in [3.8, 4) is 0 Å². The molecule has 0 spiro atoms. The second-order valence-corrected chi connectivity index (χ2v) is 4.30. The van der Waals surface area contributed by atoms with Gasteiger partial charge in [-0.2, -0.15) is 0 Å². The van der Waals surface area contributed by atoms with E-state index < -0.39 is 21.1 Å². The number of amides is 1. The minimum atomic E-state index is -3.32. The average molecular weight is 166 g/mol. The van der Waals surface area contributed by atoms with Crippen molar-refractivity contribution in [2.75, 3.05) is 6.26 Å². The van der Waals surface area contributed by atoms with E-state index in [1.54, 1.807) is 0 Å². The third-order valence-electron chi connectivity index (χ3n) is 0.952. The fourth-order valence-corrected chi connectivity index (χ4v) is 0.817. The van der Waals surface area contributed by atoms with Crippen LogP contribution in [0.1, 0.15) is 6.42 Å². The van der Waals surface area contributed by atoms with Gasteiger partial charge in [0, 0.05) is 6.26 Å². The molecule has 0 radical (unpaired) electrons. The van der Waals surface area contributed by atoms with Crippen molar-refractivity contribution in [2.24, 2.45) is 11.5 Å². The molecule has 0 aromatic rings. The number of carbonyl (C=O) groups excluding carboxylic acids is 1. The SMILES string of the molecule is CS(=O)(=O)[C@H](N)CC(N)=O. The Balaban J connectivity index is 4.12. The van der Waals surface area contributed by atoms with Gasteiger partial charge >= 0.3 is 0 Å². The van der Waals surface area contributed by atoms with E-state index in [1.165, 1.54) is 0 Å². The molecule has 1 atom stereocenters. The van der Waals surface area contributed by atoms with Crippen LogP contribution in [0.25, 0.3) is 0 Å². The first-order chi connectivity index (χ1) is 4.34. The van der Waals surface area contributed by atoms with Gasteiger partial charge in [-0.15, -0.1) is 0 Å². The molecule has 60 valence electrons. The Morgan fingerprint density at radius 1 is 1.60 bits per heavy atom. The van der Waals surface area contributed by atoms with Crippen LogP contribution in [0.2, 0.25) is 0 Å². The standard InChI is InChI=1S/C4H10N2O3S/c1-10(8,9)4(6)2-3(5)7/h4H,2,6H2,1H3,(H2,5,7)/t4-/m0/s1. The topological polar surface area (TPSA) is 103 Å². The molecule has 0 saturated carbocycles. The van der Waals surface area contributed by atoms with Crippen molar-refractivity contribution in [1.29, 1.82) is 0 Å². The van der Waals surface area contributed by atoms with Gasteiger partial charge in [-0.3, -0.25) is 4.79 Å². The van der Waals surface area contributed by atoms with E-state index in [2.05, 4.69) is 0 Å². The summed E-state index contributed by atoms with van der Waals surface area (Å²) in [6.07, 6.45) is 0.638. The summed E-state index contributed by atoms with van der Waals surface area (Å²) in [6.45, 7) is 0. The molecule has 5 nitrogen and oxygen atoms in total. The lowest BCUT2D eigenvalue weighted by molar-refractivity contribution is -0.118. The zero-order chi connectivity index (χ0) is 8.36. The van der Waals surface area contributed by atoms with Gasteiger partial charge in [0.25, 0.3) is 0 Å². The van der Waals surface area contributed by atoms with E-state index in [9.17, 15) is 13.2 Å². The van der Waals surface area contributed by atoms with E-state index >= 15 is 0 Å². The molecule has 0 aliphatic heterocycles. The van der Waals surface area contributed by atoms with E-state index in [-0.39, 0.29) is 6.42 Å². The van der Waals surface area contributed by atoms with Gasteiger partial charge in [-0.25, -0.2) is 8.42 Å². The van der Waals surface area contributed by atoms with Crippen molar-refractivity contribution in [3.63, 3.8) is 0 Å². The van der Waals surface area contributed by atoms with Gasteiger partial charge in [0.15, 0.2) is 9.84 Å². The van der Waals surface area contributed by atoms with E-state index in [1.807, 2.05) is 0 Å². The van der Waals surface area contributed by atoms with Crippen LogP contribution in [0.3, 0.4) is 0 Å². The number of hydrogen-bond acceptors (Lipinski definition) is 4. The summed E-state index contributed by atoms with van der Waals surface area (Å²) in [4.78, 5) is 10.1. The number of carbonyl (C=O) groups is 1. The second-order valence-electron chi connectivity index (χ2n) is 2.04. The first-order valence-electron chi connectivity index (χ1n) is 2.57. The lowest BCUT2D eigenvalue weighted by Gasteiger charge is -2.04. The lowest BCUT2D eigenvalue weighted by atomic mass is 10.4. The van der Waals surface area contributed by atoms with Crippen molar-refractivity contribution < 1.29 is 13.2 Å². The molecule has 0 bridgehead atoms. The van der Waals surface area contributed by atoms with Crippen LogP contribution in [0, 0.1) is 0 Å². The fourth-order valence-electron chi connectivity index (χ4n) is 0.350. The number of sulfone groups is 1. The summed E-state index contributed by atoms with van der Waals surface area (Å²) in [5, 5.41) is -1.16. The molecule has 0 aromatic heterocycles. The maximum absolute atomic E-state index is 10.5. The molecule has 6 heteroatoms. The zero-order valence-corrected chi connectivity index (χ0v) is 6.39. The average Bonchev–Trinajstić information content (AvgIpc) is 1.60. The molecule has 0 rings (SSSR count). The van der Waals surface area contributed by atoms with Gasteiger partial charge < -0.3 is 11.5 Å². The first kappa shape index (κ1) is 9.38. The molecule has 0 aliphatic carbocycles. The van der Waals surface area contributed by atoms with Crippen molar-refractivity contribution in [3.05, 3.63) is 0 Å². The van der Waals surface area contributed by atoms with Gasteiger partial charge in [-0.1, -0.05) is 0 Å². The highest BCUT2D eigenvalue weighted by molar-refractivity contribution is 7.91.